The number of rotatable bonds is 6. The van der Waals surface area contributed by atoms with Gasteiger partial charge in [0.1, 0.15) is 5.56 Å². The Bertz CT molecular complexity index is 562. The first-order valence-corrected chi connectivity index (χ1v) is 7.83. The van der Waals surface area contributed by atoms with Gasteiger partial charge in [-0.05, 0) is 12.0 Å². The minimum absolute atomic E-state index is 0.0762. The molecule has 126 valence electrons. The zero-order chi connectivity index (χ0) is 16.8. The molecule has 1 N–H and O–H groups in total. The number of hydrogen-bond acceptors (Lipinski definition) is 5. The second-order valence-corrected chi connectivity index (χ2v) is 6.13. The average Bonchev–Trinajstić information content (AvgIpc) is 2.52. The maximum absolute atomic E-state index is 12.2. The van der Waals surface area contributed by atoms with E-state index in [-0.39, 0.29) is 17.4 Å². The summed E-state index contributed by atoms with van der Waals surface area (Å²) in [7, 11) is 0. The summed E-state index contributed by atoms with van der Waals surface area (Å²) < 4.78 is 5.66. The van der Waals surface area contributed by atoms with Gasteiger partial charge in [-0.15, -0.1) is 0 Å². The summed E-state index contributed by atoms with van der Waals surface area (Å²) in [6.45, 7) is 7.97. The number of benzene rings is 1. The Morgan fingerprint density at radius 1 is 1.48 bits per heavy atom. The molecule has 2 rings (SSSR count). The van der Waals surface area contributed by atoms with Crippen molar-refractivity contribution < 1.29 is 14.5 Å². The van der Waals surface area contributed by atoms with Crippen LogP contribution >= 0.6 is 0 Å². The zero-order valence-corrected chi connectivity index (χ0v) is 13.5. The quantitative estimate of drug-likeness (QED) is 0.636. The molecule has 23 heavy (non-hydrogen) atoms. The van der Waals surface area contributed by atoms with Crippen molar-refractivity contribution in [1.82, 2.24) is 10.2 Å². The molecule has 1 heterocycles. The number of amides is 1. The zero-order valence-electron chi connectivity index (χ0n) is 13.5. The molecule has 1 aliphatic rings. The number of ether oxygens (including phenoxy) is 1. The van der Waals surface area contributed by atoms with E-state index in [9.17, 15) is 14.9 Å². The van der Waals surface area contributed by atoms with Gasteiger partial charge in [0.25, 0.3) is 11.6 Å². The molecule has 1 unspecified atom stereocenters. The lowest BCUT2D eigenvalue weighted by atomic mass is 10.1. The molecule has 1 atom stereocenters. The second kappa shape index (κ2) is 8.03. The van der Waals surface area contributed by atoms with Crippen molar-refractivity contribution in [2.45, 2.75) is 20.0 Å². The Morgan fingerprint density at radius 2 is 2.22 bits per heavy atom. The molecule has 1 saturated heterocycles. The van der Waals surface area contributed by atoms with Gasteiger partial charge in [0, 0.05) is 32.2 Å². The monoisotopic (exact) mass is 321 g/mol. The smallest absolute Gasteiger partial charge is 0.282 e. The molecule has 0 saturated carbocycles. The van der Waals surface area contributed by atoms with Gasteiger partial charge in [-0.3, -0.25) is 19.8 Å². The summed E-state index contributed by atoms with van der Waals surface area (Å²) in [6, 6.07) is 5.95. The first-order chi connectivity index (χ1) is 11.0. The maximum Gasteiger partial charge on any atom is 0.282 e. The summed E-state index contributed by atoms with van der Waals surface area (Å²) in [5.41, 5.74) is -0.108. The van der Waals surface area contributed by atoms with E-state index >= 15 is 0 Å². The van der Waals surface area contributed by atoms with Crippen molar-refractivity contribution in [2.75, 3.05) is 32.8 Å². The standard InChI is InChI=1S/C16H23N3O4/c1-12(2)10-18-7-8-23-13(11-18)9-17-16(20)14-5-3-4-6-15(14)19(21)22/h3-6,12-13H,7-11H2,1-2H3,(H,17,20). The molecule has 1 amide bonds. The highest BCUT2D eigenvalue weighted by atomic mass is 16.6. The number of morpholine rings is 1. The number of hydrogen-bond donors (Lipinski definition) is 1. The minimum atomic E-state index is -0.545. The fraction of sp³-hybridized carbons (Fsp3) is 0.562. The van der Waals surface area contributed by atoms with Gasteiger partial charge in [0.2, 0.25) is 0 Å². The first kappa shape index (κ1) is 17.4. The third kappa shape index (κ3) is 5.01. The van der Waals surface area contributed by atoms with E-state index < -0.39 is 10.8 Å². The molecule has 7 heteroatoms. The van der Waals surface area contributed by atoms with E-state index in [4.69, 9.17) is 4.74 Å². The third-order valence-corrected chi connectivity index (χ3v) is 3.68. The predicted molar refractivity (Wildman–Crippen MR) is 86.4 cm³/mol. The molecule has 1 aromatic rings. The minimum Gasteiger partial charge on any atom is -0.374 e. The van der Waals surface area contributed by atoms with Crippen LogP contribution in [-0.4, -0.2) is 54.6 Å². The Labute approximate surface area is 135 Å². The molecule has 0 aliphatic carbocycles. The maximum atomic E-state index is 12.2. The number of nitrogens with zero attached hydrogens (tertiary/aromatic N) is 2. The Kier molecular flexibility index (Phi) is 6.06. The SMILES string of the molecule is CC(C)CN1CCOC(CNC(=O)c2ccccc2[N+](=O)[O-])C1. The summed E-state index contributed by atoms with van der Waals surface area (Å²) in [5.74, 6) is 0.136. The third-order valence-electron chi connectivity index (χ3n) is 3.68. The lowest BCUT2D eigenvalue weighted by Crippen LogP contribution is -2.48. The Morgan fingerprint density at radius 3 is 2.91 bits per heavy atom. The van der Waals surface area contributed by atoms with Crippen LogP contribution in [0.1, 0.15) is 24.2 Å². The molecule has 1 fully saturated rings. The topological polar surface area (TPSA) is 84.7 Å². The van der Waals surface area contributed by atoms with Gasteiger partial charge in [0.15, 0.2) is 0 Å². The van der Waals surface area contributed by atoms with Crippen LogP contribution in [0.2, 0.25) is 0 Å². The van der Waals surface area contributed by atoms with Gasteiger partial charge < -0.3 is 10.1 Å². The number of carbonyl (C=O) groups is 1. The van der Waals surface area contributed by atoms with Crippen LogP contribution < -0.4 is 5.32 Å². The van der Waals surface area contributed by atoms with Gasteiger partial charge in [-0.2, -0.15) is 0 Å². The number of nitro benzene ring substituents is 1. The summed E-state index contributed by atoms with van der Waals surface area (Å²) >= 11 is 0. The van der Waals surface area contributed by atoms with Gasteiger partial charge in [0.05, 0.1) is 17.6 Å². The van der Waals surface area contributed by atoms with Crippen molar-refractivity contribution >= 4 is 11.6 Å². The Hall–Kier alpha value is -1.99. The van der Waals surface area contributed by atoms with Crippen LogP contribution in [0.3, 0.4) is 0 Å². The van der Waals surface area contributed by atoms with Crippen molar-refractivity contribution in [3.05, 3.63) is 39.9 Å². The number of nitro groups is 1. The molecule has 7 nitrogen and oxygen atoms in total. The van der Waals surface area contributed by atoms with E-state index in [2.05, 4.69) is 24.1 Å². The second-order valence-electron chi connectivity index (χ2n) is 6.13. The Balaban J connectivity index is 1.90. The van der Waals surface area contributed by atoms with Gasteiger partial charge in [-0.1, -0.05) is 26.0 Å². The molecular formula is C16H23N3O4. The normalized spacial score (nSPS) is 18.8. The van der Waals surface area contributed by atoms with Gasteiger partial charge in [-0.25, -0.2) is 0 Å². The van der Waals surface area contributed by atoms with Crippen molar-refractivity contribution in [3.63, 3.8) is 0 Å². The molecular weight excluding hydrogens is 298 g/mol. The van der Waals surface area contributed by atoms with Crippen molar-refractivity contribution in [1.29, 1.82) is 0 Å². The first-order valence-electron chi connectivity index (χ1n) is 7.83. The molecule has 0 radical (unpaired) electrons. The van der Waals surface area contributed by atoms with Gasteiger partial charge >= 0.3 is 0 Å². The fourth-order valence-electron chi connectivity index (χ4n) is 2.71. The number of nitrogens with one attached hydrogen (secondary N) is 1. The lowest BCUT2D eigenvalue weighted by molar-refractivity contribution is -0.385. The van der Waals surface area contributed by atoms with E-state index in [0.29, 0.717) is 19.1 Å². The van der Waals surface area contributed by atoms with E-state index in [0.717, 1.165) is 19.6 Å². The highest BCUT2D eigenvalue weighted by Gasteiger charge is 2.23. The van der Waals surface area contributed by atoms with Crippen molar-refractivity contribution in [3.8, 4) is 0 Å². The summed E-state index contributed by atoms with van der Waals surface area (Å²) in [4.78, 5) is 24.9. The molecule has 0 aromatic heterocycles. The van der Waals surface area contributed by atoms with Crippen LogP contribution in [0.15, 0.2) is 24.3 Å². The molecule has 1 aromatic carbocycles. The van der Waals surface area contributed by atoms with Crippen LogP contribution in [0.4, 0.5) is 5.69 Å². The molecule has 1 aliphatic heterocycles. The largest absolute Gasteiger partial charge is 0.374 e. The predicted octanol–water partition coefficient (Wildman–Crippen LogP) is 1.68. The number of carbonyl (C=O) groups excluding carboxylic acids is 1. The highest BCUT2D eigenvalue weighted by molar-refractivity contribution is 5.98. The molecule has 0 bridgehead atoms. The van der Waals surface area contributed by atoms with E-state index in [1.807, 2.05) is 0 Å². The number of para-hydroxylation sites is 1. The summed E-state index contributed by atoms with van der Waals surface area (Å²) in [6.07, 6.45) is -0.0887. The van der Waals surface area contributed by atoms with Crippen LogP contribution in [-0.2, 0) is 4.74 Å². The lowest BCUT2D eigenvalue weighted by Gasteiger charge is -2.33. The van der Waals surface area contributed by atoms with Crippen LogP contribution in [0, 0.1) is 16.0 Å². The summed E-state index contributed by atoms with van der Waals surface area (Å²) in [5, 5.41) is 13.7. The average molecular weight is 321 g/mol. The van der Waals surface area contributed by atoms with E-state index in [1.165, 1.54) is 12.1 Å². The van der Waals surface area contributed by atoms with Crippen LogP contribution in [0.5, 0.6) is 0 Å². The van der Waals surface area contributed by atoms with Crippen LogP contribution in [0.25, 0.3) is 0 Å². The highest BCUT2D eigenvalue weighted by Crippen LogP contribution is 2.17. The van der Waals surface area contributed by atoms with E-state index in [1.54, 1.807) is 12.1 Å². The van der Waals surface area contributed by atoms with Crippen molar-refractivity contribution in [2.24, 2.45) is 5.92 Å². The molecule has 0 spiro atoms. The fourth-order valence-corrected chi connectivity index (χ4v) is 2.71.